The summed E-state index contributed by atoms with van der Waals surface area (Å²) >= 11 is 0. The number of rotatable bonds is 5. The number of nitrogens with zero attached hydrogens (tertiary/aromatic N) is 5. The second-order valence-corrected chi connectivity index (χ2v) is 5.96. The van der Waals surface area contributed by atoms with Gasteiger partial charge in [0.15, 0.2) is 0 Å². The predicted octanol–water partition coefficient (Wildman–Crippen LogP) is 2.48. The molecule has 1 N–H and O–H groups in total. The average Bonchev–Trinajstić information content (AvgIpc) is 3.03. The number of benzene rings is 1. The minimum atomic E-state index is -0.443. The van der Waals surface area contributed by atoms with Gasteiger partial charge in [-0.15, -0.1) is 5.10 Å². The Balaban J connectivity index is 1.64. The Bertz CT molecular complexity index is 929. The first-order chi connectivity index (χ1) is 12.0. The normalized spacial score (nSPS) is 11.7. The number of carbonyl (C=O) groups excluding carboxylic acids is 1. The molecule has 0 radical (unpaired) electrons. The van der Waals surface area contributed by atoms with Gasteiger partial charge in [-0.1, -0.05) is 30.3 Å². The summed E-state index contributed by atoms with van der Waals surface area (Å²) in [6.07, 6.45) is 1.64. The molecular formula is C18H20N6O. The summed E-state index contributed by atoms with van der Waals surface area (Å²) in [7, 11) is 0. The Labute approximate surface area is 145 Å². The van der Waals surface area contributed by atoms with E-state index in [9.17, 15) is 4.79 Å². The van der Waals surface area contributed by atoms with E-state index in [1.807, 2.05) is 45.0 Å². The Morgan fingerprint density at radius 2 is 1.96 bits per heavy atom. The van der Waals surface area contributed by atoms with Crippen LogP contribution in [0.5, 0.6) is 0 Å². The number of nitrogens with one attached hydrogen (secondary N) is 1. The van der Waals surface area contributed by atoms with Gasteiger partial charge in [0, 0.05) is 17.1 Å². The van der Waals surface area contributed by atoms with Crippen molar-refractivity contribution < 1.29 is 4.79 Å². The van der Waals surface area contributed by atoms with Crippen molar-refractivity contribution in [2.75, 3.05) is 0 Å². The molecule has 3 rings (SSSR count). The van der Waals surface area contributed by atoms with Gasteiger partial charge in [0.05, 0.1) is 0 Å². The van der Waals surface area contributed by atoms with Crippen LogP contribution in [0, 0.1) is 13.8 Å². The van der Waals surface area contributed by atoms with Crippen LogP contribution in [0.1, 0.15) is 40.9 Å². The zero-order valence-corrected chi connectivity index (χ0v) is 14.5. The third kappa shape index (κ3) is 4.06. The van der Waals surface area contributed by atoms with Crippen LogP contribution in [-0.2, 0) is 6.42 Å². The van der Waals surface area contributed by atoms with Gasteiger partial charge in [-0.2, -0.15) is 10.1 Å². The molecule has 0 fully saturated rings. The van der Waals surface area contributed by atoms with Crippen LogP contribution in [0.3, 0.4) is 0 Å². The van der Waals surface area contributed by atoms with Crippen molar-refractivity contribution in [1.29, 1.82) is 0 Å². The lowest BCUT2D eigenvalue weighted by Gasteiger charge is -2.02. The van der Waals surface area contributed by atoms with Crippen LogP contribution in [0.25, 0.3) is 5.78 Å². The quantitative estimate of drug-likeness (QED) is 0.573. The largest absolute Gasteiger partial charge is 0.311 e. The van der Waals surface area contributed by atoms with Crippen molar-refractivity contribution >= 4 is 17.4 Å². The van der Waals surface area contributed by atoms with Crippen LogP contribution in [0.15, 0.2) is 41.5 Å². The molecule has 3 aromatic rings. The summed E-state index contributed by atoms with van der Waals surface area (Å²) in [5.41, 5.74) is 6.29. The minimum absolute atomic E-state index is 0.0563. The fraction of sp³-hybridized carbons (Fsp3) is 0.278. The fourth-order valence-electron chi connectivity index (χ4n) is 2.48. The Morgan fingerprint density at radius 1 is 1.20 bits per heavy atom. The number of hydrogen-bond acceptors (Lipinski definition) is 5. The van der Waals surface area contributed by atoms with Crippen molar-refractivity contribution in [3.05, 3.63) is 59.2 Å². The maximum absolute atomic E-state index is 12.2. The second kappa shape index (κ2) is 7.21. The molecule has 0 aliphatic heterocycles. The summed E-state index contributed by atoms with van der Waals surface area (Å²) in [5.74, 6) is 0.0230. The molecule has 0 spiro atoms. The first-order valence-electron chi connectivity index (χ1n) is 8.11. The molecule has 1 aromatic carbocycles. The molecule has 0 saturated carbocycles. The van der Waals surface area contributed by atoms with E-state index in [-0.39, 0.29) is 5.82 Å². The predicted molar refractivity (Wildman–Crippen MR) is 95.6 cm³/mol. The highest BCUT2D eigenvalue weighted by atomic mass is 16.2. The van der Waals surface area contributed by atoms with Gasteiger partial charge in [0.2, 0.25) is 5.82 Å². The number of carbonyl (C=O) groups is 1. The third-order valence-corrected chi connectivity index (χ3v) is 3.79. The lowest BCUT2D eigenvalue weighted by atomic mass is 10.1. The zero-order valence-electron chi connectivity index (χ0n) is 14.5. The molecule has 25 heavy (non-hydrogen) atoms. The van der Waals surface area contributed by atoms with Crippen molar-refractivity contribution in [3.8, 4) is 0 Å². The molecule has 0 atom stereocenters. The SMILES string of the molecule is C/C(CCc1ccccc1)=N\NC(=O)c1nc2nc(C)cc(C)n2n1. The van der Waals surface area contributed by atoms with Gasteiger partial charge in [-0.3, -0.25) is 4.79 Å². The van der Waals surface area contributed by atoms with Gasteiger partial charge >= 0.3 is 5.91 Å². The molecular weight excluding hydrogens is 316 g/mol. The minimum Gasteiger partial charge on any atom is -0.264 e. The monoisotopic (exact) mass is 336 g/mol. The summed E-state index contributed by atoms with van der Waals surface area (Å²) in [6.45, 7) is 5.65. The number of fused-ring (bicyclic) bond motifs is 1. The first-order valence-corrected chi connectivity index (χ1v) is 8.11. The van der Waals surface area contributed by atoms with Crippen LogP contribution in [0.2, 0.25) is 0 Å². The van der Waals surface area contributed by atoms with E-state index in [0.29, 0.717) is 5.78 Å². The third-order valence-electron chi connectivity index (χ3n) is 3.79. The first kappa shape index (κ1) is 16.8. The van der Waals surface area contributed by atoms with Crippen LogP contribution >= 0.6 is 0 Å². The molecule has 0 unspecified atom stereocenters. The lowest BCUT2D eigenvalue weighted by Crippen LogP contribution is -2.20. The van der Waals surface area contributed by atoms with E-state index in [1.54, 1.807) is 4.52 Å². The van der Waals surface area contributed by atoms with E-state index in [0.717, 1.165) is 29.9 Å². The van der Waals surface area contributed by atoms with E-state index < -0.39 is 5.91 Å². The number of aromatic nitrogens is 4. The molecule has 2 aromatic heterocycles. The highest BCUT2D eigenvalue weighted by Crippen LogP contribution is 2.06. The molecule has 0 saturated heterocycles. The van der Waals surface area contributed by atoms with Crippen molar-refractivity contribution in [2.24, 2.45) is 5.10 Å². The van der Waals surface area contributed by atoms with Gasteiger partial charge in [-0.05, 0) is 45.2 Å². The maximum Gasteiger partial charge on any atom is 0.311 e. The molecule has 7 nitrogen and oxygen atoms in total. The molecule has 1 amide bonds. The molecule has 0 bridgehead atoms. The summed E-state index contributed by atoms with van der Waals surface area (Å²) in [6, 6.07) is 12.0. The van der Waals surface area contributed by atoms with Crippen LogP contribution < -0.4 is 5.43 Å². The number of hydrazone groups is 1. The lowest BCUT2D eigenvalue weighted by molar-refractivity contribution is 0.0944. The highest BCUT2D eigenvalue weighted by Gasteiger charge is 2.14. The summed E-state index contributed by atoms with van der Waals surface area (Å²) in [4.78, 5) is 20.6. The van der Waals surface area contributed by atoms with Gasteiger partial charge in [0.1, 0.15) is 0 Å². The Morgan fingerprint density at radius 3 is 2.72 bits per heavy atom. The molecule has 0 aliphatic carbocycles. The number of hydrogen-bond donors (Lipinski definition) is 1. The van der Waals surface area contributed by atoms with Gasteiger partial charge in [0.25, 0.3) is 5.78 Å². The molecule has 128 valence electrons. The van der Waals surface area contributed by atoms with Crippen molar-refractivity contribution in [2.45, 2.75) is 33.6 Å². The topological polar surface area (TPSA) is 84.5 Å². The molecule has 7 heteroatoms. The van der Waals surface area contributed by atoms with Crippen LogP contribution in [0.4, 0.5) is 0 Å². The Kier molecular flexibility index (Phi) is 4.83. The van der Waals surface area contributed by atoms with E-state index >= 15 is 0 Å². The highest BCUT2D eigenvalue weighted by molar-refractivity contribution is 5.92. The van der Waals surface area contributed by atoms with Gasteiger partial charge < -0.3 is 0 Å². The number of aryl methyl sites for hydroxylation is 3. The smallest absolute Gasteiger partial charge is 0.264 e. The molecule has 0 aliphatic rings. The number of amides is 1. The van der Waals surface area contributed by atoms with Crippen LogP contribution in [-0.4, -0.2) is 31.2 Å². The average molecular weight is 336 g/mol. The summed E-state index contributed by atoms with van der Waals surface area (Å²) < 4.78 is 1.55. The summed E-state index contributed by atoms with van der Waals surface area (Å²) in [5, 5.41) is 8.32. The Hall–Kier alpha value is -3.09. The van der Waals surface area contributed by atoms with E-state index in [1.165, 1.54) is 5.56 Å². The van der Waals surface area contributed by atoms with E-state index in [2.05, 4.69) is 37.7 Å². The molecule has 2 heterocycles. The fourth-order valence-corrected chi connectivity index (χ4v) is 2.48. The zero-order chi connectivity index (χ0) is 17.8. The second-order valence-electron chi connectivity index (χ2n) is 5.96. The van der Waals surface area contributed by atoms with Crippen molar-refractivity contribution in [1.82, 2.24) is 25.0 Å². The standard InChI is InChI=1S/C18H20N6O/c1-12(9-10-15-7-5-4-6-8-15)21-22-17(25)16-20-18-19-13(2)11-14(3)24(18)23-16/h4-8,11H,9-10H2,1-3H3,(H,22,25)/b21-12+. The van der Waals surface area contributed by atoms with Crippen molar-refractivity contribution in [3.63, 3.8) is 0 Å². The van der Waals surface area contributed by atoms with Gasteiger partial charge in [-0.25, -0.2) is 14.9 Å². The maximum atomic E-state index is 12.2. The van der Waals surface area contributed by atoms with E-state index in [4.69, 9.17) is 0 Å².